The molecule has 94 valence electrons. The summed E-state index contributed by atoms with van der Waals surface area (Å²) >= 11 is 0. The highest BCUT2D eigenvalue weighted by molar-refractivity contribution is 5.69. The number of carboxylic acids is 1. The monoisotopic (exact) mass is 240 g/mol. The van der Waals surface area contributed by atoms with Gasteiger partial charge in [0.15, 0.2) is 0 Å². The molecule has 0 heterocycles. The average molecular weight is 240 g/mol. The van der Waals surface area contributed by atoms with Gasteiger partial charge < -0.3 is 9.84 Å². The lowest BCUT2D eigenvalue weighted by Crippen LogP contribution is -2.22. The highest BCUT2D eigenvalue weighted by Crippen LogP contribution is 2.35. The number of aliphatic carboxylic acids is 1. The molecular formula is C13H17FO3. The molecule has 0 amide bonds. The Kier molecular flexibility index (Phi) is 3.76. The number of hydrogen-bond acceptors (Lipinski definition) is 2. The molecule has 0 aromatic heterocycles. The minimum absolute atomic E-state index is 0.0333. The third-order valence-corrected chi connectivity index (χ3v) is 2.80. The number of rotatable bonds is 4. The maximum absolute atomic E-state index is 13.4. The van der Waals surface area contributed by atoms with Crippen molar-refractivity contribution in [2.75, 3.05) is 7.11 Å². The summed E-state index contributed by atoms with van der Waals surface area (Å²) in [6, 6.07) is 2.95. The second-order valence-electron chi connectivity index (χ2n) is 4.76. The molecule has 0 bridgehead atoms. The fourth-order valence-electron chi connectivity index (χ4n) is 1.83. The zero-order chi connectivity index (χ0) is 13.2. The first-order valence-corrected chi connectivity index (χ1v) is 5.34. The Balaban J connectivity index is 3.28. The molecule has 0 atom stereocenters. The van der Waals surface area contributed by atoms with Gasteiger partial charge in [-0.3, -0.25) is 4.79 Å². The van der Waals surface area contributed by atoms with Crippen LogP contribution in [0.3, 0.4) is 0 Å². The van der Waals surface area contributed by atoms with E-state index in [1.54, 1.807) is 26.8 Å². The van der Waals surface area contributed by atoms with Crippen molar-refractivity contribution in [1.29, 1.82) is 0 Å². The highest BCUT2D eigenvalue weighted by Gasteiger charge is 2.28. The third-order valence-electron chi connectivity index (χ3n) is 2.80. The lowest BCUT2D eigenvalue weighted by atomic mass is 9.80. The minimum atomic E-state index is -0.890. The quantitative estimate of drug-likeness (QED) is 0.880. The molecule has 0 saturated heterocycles. The summed E-state index contributed by atoms with van der Waals surface area (Å²) in [6.07, 6.45) is -0.0333. The molecule has 0 spiro atoms. The molecule has 0 aliphatic carbocycles. The number of halogens is 1. The van der Waals surface area contributed by atoms with E-state index < -0.39 is 11.4 Å². The number of carbonyl (C=O) groups is 1. The minimum Gasteiger partial charge on any atom is -0.496 e. The van der Waals surface area contributed by atoms with E-state index in [0.717, 1.165) is 0 Å². The van der Waals surface area contributed by atoms with Crippen molar-refractivity contribution in [1.82, 2.24) is 0 Å². The van der Waals surface area contributed by atoms with Gasteiger partial charge in [0.1, 0.15) is 11.6 Å². The van der Waals surface area contributed by atoms with Crippen LogP contribution < -0.4 is 4.74 Å². The fourth-order valence-corrected chi connectivity index (χ4v) is 1.83. The molecule has 0 saturated carbocycles. The van der Waals surface area contributed by atoms with Crippen LogP contribution in [0, 0.1) is 12.7 Å². The van der Waals surface area contributed by atoms with Gasteiger partial charge in [-0.05, 0) is 18.6 Å². The summed E-state index contributed by atoms with van der Waals surface area (Å²) in [5.41, 5.74) is 0.593. The number of benzene rings is 1. The average Bonchev–Trinajstić information content (AvgIpc) is 2.19. The molecule has 1 rings (SSSR count). The van der Waals surface area contributed by atoms with Crippen molar-refractivity contribution in [3.63, 3.8) is 0 Å². The van der Waals surface area contributed by atoms with Crippen LogP contribution in [0.4, 0.5) is 4.39 Å². The summed E-state index contributed by atoms with van der Waals surface area (Å²) in [6.45, 7) is 5.25. The molecular weight excluding hydrogens is 223 g/mol. The van der Waals surface area contributed by atoms with E-state index in [1.807, 2.05) is 0 Å². The predicted octanol–water partition coefficient (Wildman–Crippen LogP) is 2.90. The Bertz CT molecular complexity index is 439. The zero-order valence-electron chi connectivity index (χ0n) is 10.5. The molecule has 0 radical (unpaired) electrons. The Morgan fingerprint density at radius 3 is 2.53 bits per heavy atom. The van der Waals surface area contributed by atoms with Crippen molar-refractivity contribution in [3.05, 3.63) is 29.1 Å². The van der Waals surface area contributed by atoms with E-state index in [9.17, 15) is 9.18 Å². The van der Waals surface area contributed by atoms with Crippen LogP contribution in [0.5, 0.6) is 5.75 Å². The molecule has 0 unspecified atom stereocenters. The maximum atomic E-state index is 13.4. The van der Waals surface area contributed by atoms with Gasteiger partial charge in [-0.2, -0.15) is 0 Å². The zero-order valence-corrected chi connectivity index (χ0v) is 10.5. The SMILES string of the molecule is COc1cc(F)c(C)cc1C(C)(C)CC(=O)O. The Hall–Kier alpha value is -1.58. The van der Waals surface area contributed by atoms with Gasteiger partial charge in [-0.15, -0.1) is 0 Å². The third kappa shape index (κ3) is 2.96. The van der Waals surface area contributed by atoms with Crippen LogP contribution in [-0.2, 0) is 10.2 Å². The van der Waals surface area contributed by atoms with Gasteiger partial charge in [0.25, 0.3) is 0 Å². The van der Waals surface area contributed by atoms with Crippen molar-refractivity contribution in [2.45, 2.75) is 32.6 Å². The summed E-state index contributed by atoms with van der Waals surface area (Å²) in [7, 11) is 1.45. The molecule has 4 heteroatoms. The summed E-state index contributed by atoms with van der Waals surface area (Å²) in [5, 5.41) is 8.88. The largest absolute Gasteiger partial charge is 0.496 e. The van der Waals surface area contributed by atoms with E-state index in [1.165, 1.54) is 13.2 Å². The molecule has 1 N–H and O–H groups in total. The van der Waals surface area contributed by atoms with Crippen LogP contribution >= 0.6 is 0 Å². The topological polar surface area (TPSA) is 46.5 Å². The molecule has 0 fully saturated rings. The van der Waals surface area contributed by atoms with Crippen LogP contribution in [-0.4, -0.2) is 18.2 Å². The predicted molar refractivity (Wildman–Crippen MR) is 63.0 cm³/mol. The van der Waals surface area contributed by atoms with Gasteiger partial charge >= 0.3 is 5.97 Å². The van der Waals surface area contributed by atoms with E-state index >= 15 is 0 Å². The highest BCUT2D eigenvalue weighted by atomic mass is 19.1. The Labute approximate surface area is 100 Å². The number of aryl methyl sites for hydroxylation is 1. The first kappa shape index (κ1) is 13.5. The standard InChI is InChI=1S/C13H17FO3/c1-8-5-9(11(17-4)6-10(8)14)13(2,3)7-12(15)16/h5-6H,7H2,1-4H3,(H,15,16). The molecule has 17 heavy (non-hydrogen) atoms. The van der Waals surface area contributed by atoms with Crippen LogP contribution in [0.15, 0.2) is 12.1 Å². The molecule has 0 aliphatic heterocycles. The van der Waals surface area contributed by atoms with Crippen molar-refractivity contribution < 1.29 is 19.0 Å². The van der Waals surface area contributed by atoms with Gasteiger partial charge in [0.05, 0.1) is 13.5 Å². The van der Waals surface area contributed by atoms with Crippen LogP contribution in [0.2, 0.25) is 0 Å². The first-order chi connectivity index (χ1) is 7.77. The second kappa shape index (κ2) is 4.73. The van der Waals surface area contributed by atoms with Gasteiger partial charge in [-0.1, -0.05) is 13.8 Å². The van der Waals surface area contributed by atoms with Gasteiger partial charge in [0.2, 0.25) is 0 Å². The smallest absolute Gasteiger partial charge is 0.304 e. The van der Waals surface area contributed by atoms with Crippen molar-refractivity contribution >= 4 is 5.97 Å². The number of hydrogen-bond donors (Lipinski definition) is 1. The first-order valence-electron chi connectivity index (χ1n) is 5.34. The molecule has 3 nitrogen and oxygen atoms in total. The van der Waals surface area contributed by atoms with E-state index in [0.29, 0.717) is 16.9 Å². The van der Waals surface area contributed by atoms with Crippen molar-refractivity contribution in [2.24, 2.45) is 0 Å². The normalized spacial score (nSPS) is 11.4. The Morgan fingerprint density at radius 2 is 2.06 bits per heavy atom. The Morgan fingerprint density at radius 1 is 1.47 bits per heavy atom. The molecule has 1 aromatic rings. The lowest BCUT2D eigenvalue weighted by Gasteiger charge is -2.26. The van der Waals surface area contributed by atoms with Gasteiger partial charge in [0, 0.05) is 17.0 Å². The van der Waals surface area contributed by atoms with Gasteiger partial charge in [-0.25, -0.2) is 4.39 Å². The summed E-state index contributed by atoms with van der Waals surface area (Å²) in [5.74, 6) is -0.852. The fraction of sp³-hybridized carbons (Fsp3) is 0.462. The number of methoxy groups -OCH3 is 1. The van der Waals surface area contributed by atoms with Crippen LogP contribution in [0.1, 0.15) is 31.4 Å². The van der Waals surface area contributed by atoms with E-state index in [-0.39, 0.29) is 12.2 Å². The van der Waals surface area contributed by atoms with E-state index in [4.69, 9.17) is 9.84 Å². The van der Waals surface area contributed by atoms with Crippen LogP contribution in [0.25, 0.3) is 0 Å². The second-order valence-corrected chi connectivity index (χ2v) is 4.76. The van der Waals surface area contributed by atoms with Crippen molar-refractivity contribution in [3.8, 4) is 5.75 Å². The van der Waals surface area contributed by atoms with E-state index in [2.05, 4.69) is 0 Å². The molecule has 1 aromatic carbocycles. The molecule has 0 aliphatic rings. The lowest BCUT2D eigenvalue weighted by molar-refractivity contribution is -0.138. The summed E-state index contributed by atoms with van der Waals surface area (Å²) < 4.78 is 18.5. The maximum Gasteiger partial charge on any atom is 0.304 e. The summed E-state index contributed by atoms with van der Waals surface area (Å²) in [4.78, 5) is 10.8. The number of ether oxygens (including phenoxy) is 1. The number of carboxylic acid groups (broad SMARTS) is 1.